The van der Waals surface area contributed by atoms with Crippen LogP contribution >= 0.6 is 0 Å². The van der Waals surface area contributed by atoms with Crippen LogP contribution in [-0.4, -0.2) is 79.7 Å². The molecule has 6 nitrogen and oxygen atoms in total. The topological polar surface area (TPSA) is 62.0 Å². The van der Waals surface area contributed by atoms with Crippen LogP contribution in [0.3, 0.4) is 0 Å². The number of carbonyl (C=O) groups excluding carboxylic acids is 1. The van der Waals surface area contributed by atoms with Gasteiger partial charge in [-0.2, -0.15) is 0 Å². The zero-order chi connectivity index (χ0) is 20.7. The molecule has 1 atom stereocenters. The number of ether oxygens (including phenoxy) is 1. The SMILES string of the molecule is CCCN(CC1(C=O)CCN(N2CCOCC2)CC1)C(C)Cc1cccc(N)c1. The number of rotatable bonds is 9. The van der Waals surface area contributed by atoms with Gasteiger partial charge in [0.1, 0.15) is 6.29 Å². The molecule has 2 saturated heterocycles. The van der Waals surface area contributed by atoms with E-state index < -0.39 is 0 Å². The minimum absolute atomic E-state index is 0.234. The molecular formula is C23H38N4O2. The molecule has 0 bridgehead atoms. The smallest absolute Gasteiger partial charge is 0.127 e. The highest BCUT2D eigenvalue weighted by Crippen LogP contribution is 2.32. The maximum atomic E-state index is 12.2. The Morgan fingerprint density at radius 3 is 2.52 bits per heavy atom. The Bertz CT molecular complexity index is 640. The first-order chi connectivity index (χ1) is 14.0. The molecule has 2 aliphatic rings. The number of piperidine rings is 1. The Labute approximate surface area is 175 Å². The van der Waals surface area contributed by atoms with Crippen LogP contribution in [0.25, 0.3) is 0 Å². The molecule has 2 fully saturated rings. The summed E-state index contributed by atoms with van der Waals surface area (Å²) in [5, 5.41) is 4.84. The lowest BCUT2D eigenvalue weighted by Gasteiger charge is -2.46. The van der Waals surface area contributed by atoms with Crippen LogP contribution in [0.2, 0.25) is 0 Å². The Morgan fingerprint density at radius 1 is 1.21 bits per heavy atom. The second-order valence-corrected chi connectivity index (χ2v) is 8.77. The van der Waals surface area contributed by atoms with Crippen molar-refractivity contribution < 1.29 is 9.53 Å². The van der Waals surface area contributed by atoms with Crippen LogP contribution in [0.4, 0.5) is 5.69 Å². The molecule has 0 aromatic heterocycles. The molecule has 3 rings (SSSR count). The summed E-state index contributed by atoms with van der Waals surface area (Å²) in [5.74, 6) is 0. The lowest BCUT2D eigenvalue weighted by molar-refractivity contribution is -0.134. The molecule has 2 heterocycles. The van der Waals surface area contributed by atoms with E-state index in [2.05, 4.69) is 40.9 Å². The van der Waals surface area contributed by atoms with Crippen molar-refractivity contribution in [3.8, 4) is 0 Å². The average Bonchev–Trinajstić information content (AvgIpc) is 2.74. The van der Waals surface area contributed by atoms with Crippen molar-refractivity contribution in [2.75, 3.05) is 58.2 Å². The quantitative estimate of drug-likeness (QED) is 0.506. The molecule has 1 unspecified atom stereocenters. The highest BCUT2D eigenvalue weighted by molar-refractivity contribution is 5.60. The molecular weight excluding hydrogens is 364 g/mol. The van der Waals surface area contributed by atoms with Crippen LogP contribution < -0.4 is 5.73 Å². The van der Waals surface area contributed by atoms with Crippen LogP contribution in [0.1, 0.15) is 38.7 Å². The Kier molecular flexibility index (Phi) is 8.07. The van der Waals surface area contributed by atoms with E-state index in [0.29, 0.717) is 6.04 Å². The number of morpholine rings is 1. The maximum absolute atomic E-state index is 12.2. The Balaban J connectivity index is 1.60. The Morgan fingerprint density at radius 2 is 1.90 bits per heavy atom. The van der Waals surface area contributed by atoms with Gasteiger partial charge in [-0.3, -0.25) is 4.90 Å². The third kappa shape index (κ3) is 6.01. The average molecular weight is 403 g/mol. The molecule has 162 valence electrons. The number of nitrogens with two attached hydrogens (primary N) is 1. The number of hydrogen-bond acceptors (Lipinski definition) is 6. The summed E-state index contributed by atoms with van der Waals surface area (Å²) in [4.78, 5) is 14.8. The van der Waals surface area contributed by atoms with Crippen molar-refractivity contribution in [1.82, 2.24) is 14.9 Å². The highest BCUT2D eigenvalue weighted by Gasteiger charge is 2.38. The van der Waals surface area contributed by atoms with Crippen molar-refractivity contribution >= 4 is 12.0 Å². The minimum Gasteiger partial charge on any atom is -0.399 e. The first-order valence-electron chi connectivity index (χ1n) is 11.2. The van der Waals surface area contributed by atoms with Gasteiger partial charge in [0.2, 0.25) is 0 Å². The lowest BCUT2D eigenvalue weighted by atomic mass is 9.79. The summed E-state index contributed by atoms with van der Waals surface area (Å²) in [6.07, 6.45) is 5.16. The van der Waals surface area contributed by atoms with E-state index >= 15 is 0 Å². The molecule has 1 aromatic rings. The second kappa shape index (κ2) is 10.5. The van der Waals surface area contributed by atoms with Gasteiger partial charge in [0.05, 0.1) is 13.2 Å². The van der Waals surface area contributed by atoms with Crippen molar-refractivity contribution in [1.29, 1.82) is 0 Å². The van der Waals surface area contributed by atoms with Gasteiger partial charge in [0, 0.05) is 49.9 Å². The maximum Gasteiger partial charge on any atom is 0.127 e. The first-order valence-corrected chi connectivity index (χ1v) is 11.2. The van der Waals surface area contributed by atoms with E-state index in [9.17, 15) is 4.79 Å². The van der Waals surface area contributed by atoms with E-state index in [-0.39, 0.29) is 5.41 Å². The normalized spacial score (nSPS) is 21.9. The predicted molar refractivity (Wildman–Crippen MR) is 118 cm³/mol. The molecule has 2 aliphatic heterocycles. The van der Waals surface area contributed by atoms with Gasteiger partial charge in [0.25, 0.3) is 0 Å². The standard InChI is InChI=1S/C23H38N4O2/c1-3-9-25(20(2)16-21-5-4-6-22(24)17-21)18-23(19-28)7-10-26(11-8-23)27-12-14-29-15-13-27/h4-6,17,19-20H,3,7-16,18,24H2,1-2H3. The van der Waals surface area contributed by atoms with E-state index in [1.807, 2.05) is 12.1 Å². The molecule has 2 N–H and O–H groups in total. The molecule has 0 spiro atoms. The van der Waals surface area contributed by atoms with E-state index in [4.69, 9.17) is 10.5 Å². The summed E-state index contributed by atoms with van der Waals surface area (Å²) in [6.45, 7) is 11.8. The molecule has 0 amide bonds. The second-order valence-electron chi connectivity index (χ2n) is 8.77. The highest BCUT2D eigenvalue weighted by atomic mass is 16.5. The number of nitrogen functional groups attached to an aromatic ring is 1. The summed E-state index contributed by atoms with van der Waals surface area (Å²) in [6, 6.07) is 8.55. The van der Waals surface area contributed by atoms with Crippen LogP contribution in [0.5, 0.6) is 0 Å². The first kappa shape index (κ1) is 22.2. The zero-order valence-corrected chi connectivity index (χ0v) is 18.2. The molecule has 0 saturated carbocycles. The van der Waals surface area contributed by atoms with Crippen LogP contribution in [0.15, 0.2) is 24.3 Å². The van der Waals surface area contributed by atoms with Gasteiger partial charge in [-0.25, -0.2) is 10.0 Å². The summed E-state index contributed by atoms with van der Waals surface area (Å²) < 4.78 is 5.48. The van der Waals surface area contributed by atoms with Crippen molar-refractivity contribution in [3.05, 3.63) is 29.8 Å². The summed E-state index contributed by atoms with van der Waals surface area (Å²) in [5.41, 5.74) is 7.81. The van der Waals surface area contributed by atoms with Gasteiger partial charge in [-0.05, 0) is 56.8 Å². The van der Waals surface area contributed by atoms with Gasteiger partial charge in [-0.15, -0.1) is 0 Å². The fourth-order valence-corrected chi connectivity index (χ4v) is 4.71. The molecule has 0 radical (unpaired) electrons. The molecule has 29 heavy (non-hydrogen) atoms. The molecule has 0 aliphatic carbocycles. The largest absolute Gasteiger partial charge is 0.399 e. The summed E-state index contributed by atoms with van der Waals surface area (Å²) >= 11 is 0. The van der Waals surface area contributed by atoms with Crippen LogP contribution in [-0.2, 0) is 16.0 Å². The fourth-order valence-electron chi connectivity index (χ4n) is 4.71. The minimum atomic E-state index is -0.234. The number of anilines is 1. The van der Waals surface area contributed by atoms with Crippen molar-refractivity contribution in [2.45, 2.75) is 45.6 Å². The third-order valence-corrected chi connectivity index (χ3v) is 6.51. The van der Waals surface area contributed by atoms with E-state index in [1.54, 1.807) is 0 Å². The van der Waals surface area contributed by atoms with Gasteiger partial charge in [-0.1, -0.05) is 19.1 Å². The molecule has 6 heteroatoms. The summed E-state index contributed by atoms with van der Waals surface area (Å²) in [7, 11) is 0. The van der Waals surface area contributed by atoms with Crippen molar-refractivity contribution in [3.63, 3.8) is 0 Å². The fraction of sp³-hybridized carbons (Fsp3) is 0.696. The lowest BCUT2D eigenvalue weighted by Crippen LogP contribution is -2.56. The predicted octanol–water partition coefficient (Wildman–Crippen LogP) is 2.44. The Hall–Kier alpha value is -1.47. The number of aldehydes is 1. The number of hydrogen-bond donors (Lipinski definition) is 1. The zero-order valence-electron chi connectivity index (χ0n) is 18.2. The van der Waals surface area contributed by atoms with E-state index in [1.165, 1.54) is 11.8 Å². The van der Waals surface area contributed by atoms with Gasteiger partial charge >= 0.3 is 0 Å². The number of carbonyl (C=O) groups is 1. The monoisotopic (exact) mass is 402 g/mol. The van der Waals surface area contributed by atoms with Crippen LogP contribution in [0, 0.1) is 5.41 Å². The van der Waals surface area contributed by atoms with E-state index in [0.717, 1.165) is 83.9 Å². The molecule has 1 aromatic carbocycles. The third-order valence-electron chi connectivity index (χ3n) is 6.51. The van der Waals surface area contributed by atoms with Crippen molar-refractivity contribution in [2.24, 2.45) is 5.41 Å². The number of hydrazine groups is 1. The number of benzene rings is 1. The van der Waals surface area contributed by atoms with Gasteiger partial charge < -0.3 is 15.3 Å². The number of nitrogens with zero attached hydrogens (tertiary/aromatic N) is 3. The van der Waals surface area contributed by atoms with Gasteiger partial charge in [0.15, 0.2) is 0 Å².